The number of nitriles is 1. The van der Waals surface area contributed by atoms with Crippen LogP contribution in [-0.4, -0.2) is 33.7 Å². The first kappa shape index (κ1) is 16.0. The van der Waals surface area contributed by atoms with Gasteiger partial charge in [-0.2, -0.15) is 10.4 Å². The van der Waals surface area contributed by atoms with Gasteiger partial charge in [0.25, 0.3) is 0 Å². The van der Waals surface area contributed by atoms with E-state index in [0.29, 0.717) is 6.54 Å². The molecule has 0 radical (unpaired) electrons. The maximum absolute atomic E-state index is 13.0. The van der Waals surface area contributed by atoms with Gasteiger partial charge in [0.2, 0.25) is 5.91 Å². The third kappa shape index (κ3) is 2.99. The molecule has 2 heterocycles. The predicted molar refractivity (Wildman–Crippen MR) is 87.7 cm³/mol. The van der Waals surface area contributed by atoms with E-state index in [0.717, 1.165) is 62.9 Å². The molecule has 0 N–H and O–H groups in total. The predicted octanol–water partition coefficient (Wildman–Crippen LogP) is 3.14. The smallest absolute Gasteiger partial charge is 0.243 e. The second-order valence-electron chi connectivity index (χ2n) is 7.17. The molecule has 1 aliphatic heterocycles. The molecule has 1 saturated heterocycles. The zero-order valence-electron chi connectivity index (χ0n) is 14.2. The van der Waals surface area contributed by atoms with Crippen molar-refractivity contribution in [1.29, 1.82) is 5.26 Å². The Morgan fingerprint density at radius 2 is 2.04 bits per heavy atom. The summed E-state index contributed by atoms with van der Waals surface area (Å²) in [5, 5.41) is 14.2. The van der Waals surface area contributed by atoms with Gasteiger partial charge in [0.05, 0.1) is 17.8 Å². The van der Waals surface area contributed by atoms with Crippen LogP contribution in [0, 0.1) is 30.6 Å². The van der Waals surface area contributed by atoms with Gasteiger partial charge in [-0.15, -0.1) is 0 Å². The van der Waals surface area contributed by atoms with Crippen LogP contribution in [0.5, 0.6) is 0 Å². The second kappa shape index (κ2) is 6.35. The second-order valence-corrected chi connectivity index (χ2v) is 7.17. The highest BCUT2D eigenvalue weighted by molar-refractivity contribution is 5.85. The summed E-state index contributed by atoms with van der Waals surface area (Å²) in [4.78, 5) is 15.0. The molecule has 0 aromatic carbocycles. The van der Waals surface area contributed by atoms with Crippen LogP contribution >= 0.6 is 0 Å². The lowest BCUT2D eigenvalue weighted by Gasteiger charge is -2.39. The van der Waals surface area contributed by atoms with Crippen LogP contribution in [0.1, 0.15) is 62.4 Å². The van der Waals surface area contributed by atoms with E-state index < -0.39 is 5.41 Å². The molecule has 1 aromatic rings. The fourth-order valence-corrected chi connectivity index (χ4v) is 4.19. The van der Waals surface area contributed by atoms with Crippen molar-refractivity contribution in [2.45, 2.75) is 64.8 Å². The van der Waals surface area contributed by atoms with Crippen LogP contribution in [-0.2, 0) is 4.79 Å². The highest BCUT2D eigenvalue weighted by Crippen LogP contribution is 2.38. The van der Waals surface area contributed by atoms with E-state index in [-0.39, 0.29) is 11.9 Å². The van der Waals surface area contributed by atoms with Crippen LogP contribution in [0.3, 0.4) is 0 Å². The van der Waals surface area contributed by atoms with Crippen LogP contribution in [0.25, 0.3) is 0 Å². The monoisotopic (exact) mass is 314 g/mol. The van der Waals surface area contributed by atoms with E-state index >= 15 is 0 Å². The van der Waals surface area contributed by atoms with Gasteiger partial charge < -0.3 is 4.90 Å². The number of likely N-dealkylation sites (tertiary alicyclic amines) is 1. The van der Waals surface area contributed by atoms with E-state index in [9.17, 15) is 10.1 Å². The molecule has 124 valence electrons. The van der Waals surface area contributed by atoms with Crippen LogP contribution in [0.15, 0.2) is 6.07 Å². The first-order chi connectivity index (χ1) is 11.1. The number of nitrogens with zero attached hydrogens (tertiary/aromatic N) is 4. The Hall–Kier alpha value is -1.83. The molecule has 2 aliphatic rings. The van der Waals surface area contributed by atoms with Gasteiger partial charge >= 0.3 is 0 Å². The Bertz CT molecular complexity index is 621. The zero-order chi connectivity index (χ0) is 16.4. The summed E-state index contributed by atoms with van der Waals surface area (Å²) >= 11 is 0. The molecule has 5 nitrogen and oxygen atoms in total. The van der Waals surface area contributed by atoms with Gasteiger partial charge in [0.15, 0.2) is 0 Å². The number of carbonyl (C=O) groups is 1. The first-order valence-electron chi connectivity index (χ1n) is 8.79. The lowest BCUT2D eigenvalue weighted by Crippen LogP contribution is -2.49. The number of carbonyl (C=O) groups excluding carboxylic acids is 1. The lowest BCUT2D eigenvalue weighted by atomic mass is 9.74. The fraction of sp³-hybridized carbons (Fsp3) is 0.722. The van der Waals surface area contributed by atoms with Gasteiger partial charge in [-0.05, 0) is 45.6 Å². The van der Waals surface area contributed by atoms with Gasteiger partial charge in [-0.3, -0.25) is 9.48 Å². The Labute approximate surface area is 138 Å². The number of hydrogen-bond donors (Lipinski definition) is 0. The topological polar surface area (TPSA) is 61.9 Å². The molecule has 5 heteroatoms. The van der Waals surface area contributed by atoms with Crippen LogP contribution in [0.2, 0.25) is 0 Å². The fourth-order valence-electron chi connectivity index (χ4n) is 4.19. The Morgan fingerprint density at radius 3 is 2.65 bits per heavy atom. The summed E-state index contributed by atoms with van der Waals surface area (Å²) in [6.45, 7) is 5.53. The number of hydrogen-bond acceptors (Lipinski definition) is 3. The third-order valence-electron chi connectivity index (χ3n) is 5.40. The van der Waals surface area contributed by atoms with Crippen molar-refractivity contribution in [3.63, 3.8) is 0 Å². The van der Waals surface area contributed by atoms with Crippen molar-refractivity contribution in [1.82, 2.24) is 14.7 Å². The molecule has 0 unspecified atom stereocenters. The summed E-state index contributed by atoms with van der Waals surface area (Å²) in [6, 6.07) is 4.69. The van der Waals surface area contributed by atoms with Gasteiger partial charge in [-0.25, -0.2) is 0 Å². The number of amides is 1. The largest absolute Gasteiger partial charge is 0.339 e. The van der Waals surface area contributed by atoms with Gasteiger partial charge in [0.1, 0.15) is 5.41 Å². The quantitative estimate of drug-likeness (QED) is 0.842. The van der Waals surface area contributed by atoms with Gasteiger partial charge in [0, 0.05) is 18.8 Å². The minimum Gasteiger partial charge on any atom is -0.339 e. The Balaban J connectivity index is 1.77. The molecule has 1 atom stereocenters. The maximum Gasteiger partial charge on any atom is 0.243 e. The molecule has 1 aliphatic carbocycles. The Morgan fingerprint density at radius 1 is 1.30 bits per heavy atom. The SMILES string of the molecule is Cc1cc(C)n([C@H]2CCCN(C(=O)C3(C#N)CCCCC3)C2)n1. The number of aromatic nitrogens is 2. The molecule has 0 spiro atoms. The molecular weight excluding hydrogens is 288 g/mol. The van der Waals surface area contributed by atoms with Crippen molar-refractivity contribution in [3.05, 3.63) is 17.5 Å². The summed E-state index contributed by atoms with van der Waals surface area (Å²) < 4.78 is 2.06. The molecule has 2 fully saturated rings. The van der Waals surface area contributed by atoms with Crippen LogP contribution < -0.4 is 0 Å². The number of aryl methyl sites for hydroxylation is 2. The van der Waals surface area contributed by atoms with Crippen molar-refractivity contribution in [3.8, 4) is 6.07 Å². The van der Waals surface area contributed by atoms with Crippen molar-refractivity contribution >= 4 is 5.91 Å². The van der Waals surface area contributed by atoms with E-state index in [2.05, 4.69) is 28.8 Å². The van der Waals surface area contributed by atoms with E-state index in [1.807, 2.05) is 11.8 Å². The molecule has 1 saturated carbocycles. The standard InChI is InChI=1S/C18H26N4O/c1-14-11-15(2)22(20-14)16-7-6-10-21(12-16)17(23)18(13-19)8-4-3-5-9-18/h11,16H,3-10,12H2,1-2H3/t16-/m0/s1. The third-order valence-corrected chi connectivity index (χ3v) is 5.40. The van der Waals surface area contributed by atoms with Crippen LogP contribution in [0.4, 0.5) is 0 Å². The number of piperidine rings is 1. The highest BCUT2D eigenvalue weighted by atomic mass is 16.2. The molecular formula is C18H26N4O. The van der Waals surface area contributed by atoms with Crippen molar-refractivity contribution in [2.24, 2.45) is 5.41 Å². The molecule has 23 heavy (non-hydrogen) atoms. The first-order valence-corrected chi connectivity index (χ1v) is 8.79. The molecule has 0 bridgehead atoms. The minimum absolute atomic E-state index is 0.0610. The summed E-state index contributed by atoms with van der Waals surface area (Å²) in [6.07, 6.45) is 6.61. The maximum atomic E-state index is 13.0. The summed E-state index contributed by atoms with van der Waals surface area (Å²) in [5.74, 6) is 0.0610. The Kier molecular flexibility index (Phi) is 4.43. The normalized spacial score (nSPS) is 24.2. The minimum atomic E-state index is -0.769. The number of rotatable bonds is 2. The lowest BCUT2D eigenvalue weighted by molar-refractivity contribution is -0.142. The molecule has 3 rings (SSSR count). The van der Waals surface area contributed by atoms with E-state index in [4.69, 9.17) is 0 Å². The van der Waals surface area contributed by atoms with E-state index in [1.165, 1.54) is 0 Å². The average molecular weight is 314 g/mol. The van der Waals surface area contributed by atoms with Gasteiger partial charge in [-0.1, -0.05) is 19.3 Å². The summed E-state index contributed by atoms with van der Waals surface area (Å²) in [5.41, 5.74) is 1.40. The zero-order valence-corrected chi connectivity index (χ0v) is 14.2. The highest BCUT2D eigenvalue weighted by Gasteiger charge is 2.43. The average Bonchev–Trinajstić information content (AvgIpc) is 2.93. The van der Waals surface area contributed by atoms with Crippen molar-refractivity contribution in [2.75, 3.05) is 13.1 Å². The van der Waals surface area contributed by atoms with E-state index in [1.54, 1.807) is 0 Å². The molecule has 1 amide bonds. The summed E-state index contributed by atoms with van der Waals surface area (Å²) in [7, 11) is 0. The molecule has 1 aromatic heterocycles. The van der Waals surface area contributed by atoms with Crippen molar-refractivity contribution < 1.29 is 4.79 Å².